The van der Waals surface area contributed by atoms with Gasteiger partial charge in [0.2, 0.25) is 0 Å². The number of carbonyl (C=O) groups is 1. The van der Waals surface area contributed by atoms with E-state index in [0.717, 1.165) is 10.9 Å². The molecule has 0 fully saturated rings. The summed E-state index contributed by atoms with van der Waals surface area (Å²) in [5.74, 6) is -1.52. The molecule has 0 aromatic carbocycles. The second-order valence-corrected chi connectivity index (χ2v) is 4.12. The number of carboxylic acid groups (broad SMARTS) is 1. The van der Waals surface area contributed by atoms with Crippen molar-refractivity contribution in [3.63, 3.8) is 0 Å². The fourth-order valence-electron chi connectivity index (χ4n) is 1.42. The van der Waals surface area contributed by atoms with E-state index in [0.29, 0.717) is 12.3 Å². The summed E-state index contributed by atoms with van der Waals surface area (Å²) in [6, 6.07) is 0.669. The maximum atomic E-state index is 12.5. The summed E-state index contributed by atoms with van der Waals surface area (Å²) in [4.78, 5) is 14.3. The Morgan fingerprint density at radius 3 is 2.55 bits per heavy atom. The molecule has 2 heterocycles. The number of carboxylic acids is 1. The summed E-state index contributed by atoms with van der Waals surface area (Å²) >= 11 is 5.70. The summed E-state index contributed by atoms with van der Waals surface area (Å²) in [7, 11) is 0. The highest BCUT2D eigenvalue weighted by molar-refractivity contribution is 6.32. The molecule has 0 aliphatic rings. The number of nitrogen functional groups attached to an aromatic ring is 1. The lowest BCUT2D eigenvalue weighted by molar-refractivity contribution is -0.137. The molecule has 0 saturated heterocycles. The average molecular weight is 307 g/mol. The van der Waals surface area contributed by atoms with Crippen molar-refractivity contribution in [2.75, 3.05) is 5.73 Å². The van der Waals surface area contributed by atoms with Crippen molar-refractivity contribution in [3.05, 3.63) is 34.7 Å². The van der Waals surface area contributed by atoms with E-state index in [1.165, 1.54) is 0 Å². The van der Waals surface area contributed by atoms with Crippen LogP contribution in [0, 0.1) is 0 Å². The van der Waals surface area contributed by atoms with Gasteiger partial charge in [-0.05, 0) is 6.07 Å². The van der Waals surface area contributed by atoms with Crippen LogP contribution in [0.2, 0.25) is 5.02 Å². The molecule has 0 atom stereocenters. The monoisotopic (exact) mass is 306 g/mol. The lowest BCUT2D eigenvalue weighted by Gasteiger charge is -2.08. The first kappa shape index (κ1) is 14.1. The quantitative estimate of drug-likeness (QED) is 0.887. The van der Waals surface area contributed by atoms with Crippen LogP contribution in [0.1, 0.15) is 16.1 Å². The lowest BCUT2D eigenvalue weighted by atomic mass is 10.3. The third kappa shape index (κ3) is 2.52. The lowest BCUT2D eigenvalue weighted by Crippen LogP contribution is -2.08. The van der Waals surface area contributed by atoms with E-state index in [1.807, 2.05) is 0 Å². The Morgan fingerprint density at radius 1 is 1.45 bits per heavy atom. The molecule has 0 radical (unpaired) electrons. The van der Waals surface area contributed by atoms with Crippen LogP contribution in [0.4, 0.5) is 18.9 Å². The van der Waals surface area contributed by atoms with Gasteiger partial charge in [-0.3, -0.25) is 0 Å². The zero-order chi connectivity index (χ0) is 15.1. The summed E-state index contributed by atoms with van der Waals surface area (Å²) < 4.78 is 38.3. The number of rotatable bonds is 2. The van der Waals surface area contributed by atoms with E-state index in [4.69, 9.17) is 22.4 Å². The minimum absolute atomic E-state index is 0.154. The molecule has 20 heavy (non-hydrogen) atoms. The average Bonchev–Trinajstić information content (AvgIpc) is 2.69. The van der Waals surface area contributed by atoms with Gasteiger partial charge in [-0.2, -0.15) is 18.3 Å². The van der Waals surface area contributed by atoms with Gasteiger partial charge < -0.3 is 10.8 Å². The van der Waals surface area contributed by atoms with Crippen molar-refractivity contribution in [1.82, 2.24) is 14.8 Å². The molecule has 0 unspecified atom stereocenters. The number of aromatic carboxylic acids is 1. The highest BCUT2D eigenvalue weighted by Gasteiger charge is 2.32. The van der Waals surface area contributed by atoms with Crippen LogP contribution in [0.15, 0.2) is 18.5 Å². The van der Waals surface area contributed by atoms with Gasteiger partial charge in [0.15, 0.2) is 11.5 Å². The molecule has 0 saturated carbocycles. The van der Waals surface area contributed by atoms with Crippen molar-refractivity contribution < 1.29 is 23.1 Å². The first-order valence-corrected chi connectivity index (χ1v) is 5.39. The number of anilines is 1. The predicted molar refractivity (Wildman–Crippen MR) is 62.7 cm³/mol. The minimum atomic E-state index is -4.58. The number of pyridine rings is 1. The summed E-state index contributed by atoms with van der Waals surface area (Å²) in [6.45, 7) is 0. The highest BCUT2D eigenvalue weighted by atomic mass is 35.5. The Bertz CT molecular complexity index is 684. The summed E-state index contributed by atoms with van der Waals surface area (Å²) in [6.07, 6.45) is -2.91. The molecule has 2 rings (SSSR count). The van der Waals surface area contributed by atoms with Crippen molar-refractivity contribution in [2.45, 2.75) is 6.18 Å². The molecule has 2 aromatic heterocycles. The van der Waals surface area contributed by atoms with Crippen LogP contribution in [-0.2, 0) is 6.18 Å². The Balaban J connectivity index is 2.49. The van der Waals surface area contributed by atoms with Crippen LogP contribution in [0.25, 0.3) is 5.82 Å². The Hall–Kier alpha value is -2.29. The Labute approximate surface area is 114 Å². The smallest absolute Gasteiger partial charge is 0.417 e. The number of nitrogens with two attached hydrogens (primary N) is 1. The zero-order valence-corrected chi connectivity index (χ0v) is 10.3. The van der Waals surface area contributed by atoms with E-state index < -0.39 is 23.4 Å². The molecular weight excluding hydrogens is 301 g/mol. The van der Waals surface area contributed by atoms with Crippen LogP contribution < -0.4 is 5.73 Å². The van der Waals surface area contributed by atoms with Gasteiger partial charge in [0, 0.05) is 6.20 Å². The molecule has 2 aromatic rings. The second-order valence-electron chi connectivity index (χ2n) is 3.71. The number of halogens is 4. The number of alkyl halides is 3. The zero-order valence-electron chi connectivity index (χ0n) is 9.52. The van der Waals surface area contributed by atoms with Crippen LogP contribution >= 0.6 is 11.6 Å². The molecule has 0 aliphatic heterocycles. The molecule has 0 spiro atoms. The van der Waals surface area contributed by atoms with Gasteiger partial charge in [0.05, 0.1) is 22.5 Å². The fraction of sp³-hybridized carbons (Fsp3) is 0.100. The van der Waals surface area contributed by atoms with E-state index in [-0.39, 0.29) is 16.5 Å². The third-order valence-corrected chi connectivity index (χ3v) is 2.59. The number of hydrogen-bond donors (Lipinski definition) is 2. The van der Waals surface area contributed by atoms with Gasteiger partial charge >= 0.3 is 12.1 Å². The topological polar surface area (TPSA) is 94.0 Å². The second kappa shape index (κ2) is 4.67. The van der Waals surface area contributed by atoms with Crippen molar-refractivity contribution >= 4 is 23.3 Å². The number of aromatic nitrogens is 3. The highest BCUT2D eigenvalue weighted by Crippen LogP contribution is 2.32. The number of nitrogens with zero attached hydrogens (tertiary/aromatic N) is 3. The molecule has 106 valence electrons. The Morgan fingerprint density at radius 2 is 2.10 bits per heavy atom. The molecule has 0 bridgehead atoms. The fourth-order valence-corrected chi connectivity index (χ4v) is 1.67. The standard InChI is InChI=1S/C10H6ClF3N4O2/c11-5-1-4(10(12,13)14)2-16-8(5)18-3-6(15)7(17-18)9(19)20/h1-3H,15H2,(H,19,20). The van der Waals surface area contributed by atoms with E-state index in [1.54, 1.807) is 0 Å². The van der Waals surface area contributed by atoms with E-state index in [2.05, 4.69) is 10.1 Å². The van der Waals surface area contributed by atoms with Crippen LogP contribution in [0.5, 0.6) is 0 Å². The minimum Gasteiger partial charge on any atom is -0.476 e. The van der Waals surface area contributed by atoms with E-state index >= 15 is 0 Å². The van der Waals surface area contributed by atoms with Gasteiger partial charge in [-0.1, -0.05) is 11.6 Å². The molecule has 0 aliphatic carbocycles. The maximum Gasteiger partial charge on any atom is 0.417 e. The maximum absolute atomic E-state index is 12.5. The number of hydrogen-bond acceptors (Lipinski definition) is 4. The van der Waals surface area contributed by atoms with Crippen molar-refractivity contribution in [2.24, 2.45) is 0 Å². The summed E-state index contributed by atoms with van der Waals surface area (Å²) in [5, 5.41) is 12.1. The first-order chi connectivity index (χ1) is 9.20. The molecule has 10 heteroatoms. The largest absolute Gasteiger partial charge is 0.476 e. The molecule has 0 amide bonds. The SMILES string of the molecule is Nc1cn(-c2ncc(C(F)(F)F)cc2Cl)nc1C(=O)O. The Kier molecular flexibility index (Phi) is 3.30. The van der Waals surface area contributed by atoms with Crippen molar-refractivity contribution in [3.8, 4) is 5.82 Å². The van der Waals surface area contributed by atoms with Crippen molar-refractivity contribution in [1.29, 1.82) is 0 Å². The van der Waals surface area contributed by atoms with Gasteiger partial charge in [0.25, 0.3) is 0 Å². The third-order valence-electron chi connectivity index (χ3n) is 2.31. The molecule has 6 nitrogen and oxygen atoms in total. The van der Waals surface area contributed by atoms with Gasteiger partial charge in [-0.15, -0.1) is 0 Å². The van der Waals surface area contributed by atoms with Crippen LogP contribution in [0.3, 0.4) is 0 Å². The van der Waals surface area contributed by atoms with E-state index in [9.17, 15) is 18.0 Å². The first-order valence-electron chi connectivity index (χ1n) is 5.01. The van der Waals surface area contributed by atoms with Gasteiger partial charge in [0.1, 0.15) is 0 Å². The van der Waals surface area contributed by atoms with Gasteiger partial charge in [-0.25, -0.2) is 14.5 Å². The molecular formula is C10H6ClF3N4O2. The summed E-state index contributed by atoms with van der Waals surface area (Å²) in [5.41, 5.74) is 3.79. The normalized spacial score (nSPS) is 11.6. The predicted octanol–water partition coefficient (Wildman–Crippen LogP) is 2.22. The molecule has 3 N–H and O–H groups in total. The van der Waals surface area contributed by atoms with Crippen LogP contribution in [-0.4, -0.2) is 25.8 Å².